The van der Waals surface area contributed by atoms with Crippen molar-refractivity contribution in [3.05, 3.63) is 30.5 Å². The molecule has 0 unspecified atom stereocenters. The van der Waals surface area contributed by atoms with E-state index < -0.39 is 0 Å². The molecule has 0 aliphatic carbocycles. The normalized spacial score (nSPS) is 18.9. The summed E-state index contributed by atoms with van der Waals surface area (Å²) in [7, 11) is 2.11. The van der Waals surface area contributed by atoms with Crippen molar-refractivity contribution in [3.63, 3.8) is 0 Å². The highest BCUT2D eigenvalue weighted by Gasteiger charge is 2.19. The summed E-state index contributed by atoms with van der Waals surface area (Å²) < 4.78 is 0. The van der Waals surface area contributed by atoms with Gasteiger partial charge in [0.2, 0.25) is 0 Å². The summed E-state index contributed by atoms with van der Waals surface area (Å²) >= 11 is 0. The van der Waals surface area contributed by atoms with Crippen LogP contribution in [0.5, 0.6) is 0 Å². The van der Waals surface area contributed by atoms with Gasteiger partial charge < -0.3 is 10.2 Å². The lowest BCUT2D eigenvalue weighted by atomic mass is 10.1. The summed E-state index contributed by atoms with van der Waals surface area (Å²) in [5.41, 5.74) is 1.92. The van der Waals surface area contributed by atoms with Crippen LogP contribution in [-0.2, 0) is 0 Å². The van der Waals surface area contributed by atoms with Crippen molar-refractivity contribution in [2.45, 2.75) is 18.9 Å². The minimum absolute atomic E-state index is 0. The van der Waals surface area contributed by atoms with Crippen LogP contribution in [0.1, 0.15) is 12.8 Å². The Morgan fingerprint density at radius 1 is 1.26 bits per heavy atom. The minimum Gasteiger partial charge on any atom is -0.354 e. The van der Waals surface area contributed by atoms with Crippen LogP contribution < -0.4 is 10.2 Å². The zero-order valence-electron chi connectivity index (χ0n) is 11.0. The van der Waals surface area contributed by atoms with E-state index in [1.54, 1.807) is 0 Å². The van der Waals surface area contributed by atoms with E-state index in [1.807, 2.05) is 30.5 Å². The number of likely N-dealkylation sites (N-methyl/N-ethyl adjacent to an activating group) is 1. The van der Waals surface area contributed by atoms with Gasteiger partial charge in [-0.3, -0.25) is 4.98 Å². The van der Waals surface area contributed by atoms with Crippen molar-refractivity contribution in [3.8, 4) is 0 Å². The average Bonchev–Trinajstić information content (AvgIpc) is 2.47. The first-order valence-corrected chi connectivity index (χ1v) is 6.50. The minimum atomic E-state index is 0. The monoisotopic (exact) mass is 278 g/mol. The Morgan fingerprint density at radius 3 is 2.79 bits per heavy atom. The maximum Gasteiger partial charge on any atom is 0.147 e. The van der Waals surface area contributed by atoms with Crippen LogP contribution in [0.3, 0.4) is 0 Å². The van der Waals surface area contributed by atoms with Gasteiger partial charge in [0.05, 0.1) is 17.2 Å². The second-order valence-corrected chi connectivity index (χ2v) is 4.83. The molecule has 102 valence electrons. The summed E-state index contributed by atoms with van der Waals surface area (Å²) in [5, 5.41) is 3.43. The second kappa shape index (κ2) is 6.17. The van der Waals surface area contributed by atoms with Crippen LogP contribution >= 0.6 is 12.4 Å². The van der Waals surface area contributed by atoms with Crippen molar-refractivity contribution in [1.82, 2.24) is 15.3 Å². The Labute approximate surface area is 119 Å². The molecule has 0 spiro atoms. The first-order chi connectivity index (χ1) is 8.84. The molecule has 1 atom stereocenters. The third-order valence-electron chi connectivity index (χ3n) is 3.62. The van der Waals surface area contributed by atoms with E-state index in [0.717, 1.165) is 29.9 Å². The van der Waals surface area contributed by atoms with Gasteiger partial charge in [-0.2, -0.15) is 0 Å². The number of nitrogens with zero attached hydrogens (tertiary/aromatic N) is 3. The number of hydrogen-bond donors (Lipinski definition) is 1. The molecule has 2 heterocycles. The largest absolute Gasteiger partial charge is 0.354 e. The number of piperidine rings is 1. The van der Waals surface area contributed by atoms with E-state index in [9.17, 15) is 0 Å². The first-order valence-electron chi connectivity index (χ1n) is 6.50. The van der Waals surface area contributed by atoms with Crippen LogP contribution in [0.25, 0.3) is 11.0 Å². The van der Waals surface area contributed by atoms with Gasteiger partial charge in [-0.1, -0.05) is 12.1 Å². The quantitative estimate of drug-likeness (QED) is 0.915. The van der Waals surface area contributed by atoms with Gasteiger partial charge in [0.25, 0.3) is 0 Å². The highest BCUT2D eigenvalue weighted by atomic mass is 35.5. The molecule has 1 aromatic heterocycles. The molecule has 1 fully saturated rings. The molecule has 1 saturated heterocycles. The Kier molecular flexibility index (Phi) is 4.56. The summed E-state index contributed by atoms with van der Waals surface area (Å²) in [6.45, 7) is 2.17. The number of anilines is 1. The zero-order valence-corrected chi connectivity index (χ0v) is 11.9. The van der Waals surface area contributed by atoms with Crippen molar-refractivity contribution in [2.75, 3.05) is 25.0 Å². The van der Waals surface area contributed by atoms with Gasteiger partial charge in [0.15, 0.2) is 0 Å². The molecule has 1 aromatic carbocycles. The lowest BCUT2D eigenvalue weighted by Crippen LogP contribution is -2.44. The fraction of sp³-hybridized carbons (Fsp3) is 0.429. The predicted octanol–water partition coefficient (Wildman–Crippen LogP) is 2.24. The second-order valence-electron chi connectivity index (χ2n) is 4.83. The predicted molar refractivity (Wildman–Crippen MR) is 81.1 cm³/mol. The van der Waals surface area contributed by atoms with Crippen LogP contribution in [0.2, 0.25) is 0 Å². The number of aromatic nitrogens is 2. The topological polar surface area (TPSA) is 41.1 Å². The molecular formula is C14H19ClN4. The smallest absolute Gasteiger partial charge is 0.147 e. The molecular weight excluding hydrogens is 260 g/mol. The zero-order chi connectivity index (χ0) is 12.4. The first kappa shape index (κ1) is 14.0. The van der Waals surface area contributed by atoms with E-state index in [4.69, 9.17) is 0 Å². The summed E-state index contributed by atoms with van der Waals surface area (Å²) in [4.78, 5) is 11.4. The molecule has 4 nitrogen and oxygen atoms in total. The molecule has 1 aliphatic rings. The van der Waals surface area contributed by atoms with Gasteiger partial charge in [-0.25, -0.2) is 4.98 Å². The number of benzene rings is 1. The van der Waals surface area contributed by atoms with Gasteiger partial charge in [-0.15, -0.1) is 12.4 Å². The SMILES string of the molecule is CN(c1cnc2ccccc2n1)[C@H]1CCCNC1.Cl. The molecule has 3 rings (SSSR count). The lowest BCUT2D eigenvalue weighted by Gasteiger charge is -2.32. The molecule has 19 heavy (non-hydrogen) atoms. The van der Waals surface area contributed by atoms with Gasteiger partial charge >= 0.3 is 0 Å². The van der Waals surface area contributed by atoms with Crippen molar-refractivity contribution < 1.29 is 0 Å². The van der Waals surface area contributed by atoms with Gasteiger partial charge in [0.1, 0.15) is 5.82 Å². The van der Waals surface area contributed by atoms with Crippen LogP contribution in [0, 0.1) is 0 Å². The summed E-state index contributed by atoms with van der Waals surface area (Å²) in [5.74, 6) is 0.961. The number of para-hydroxylation sites is 2. The molecule has 1 N–H and O–H groups in total. The van der Waals surface area contributed by atoms with Crippen molar-refractivity contribution in [2.24, 2.45) is 0 Å². The Morgan fingerprint density at radius 2 is 2.05 bits per heavy atom. The van der Waals surface area contributed by atoms with Crippen LogP contribution in [0.15, 0.2) is 30.5 Å². The third kappa shape index (κ3) is 2.96. The van der Waals surface area contributed by atoms with Crippen molar-refractivity contribution >= 4 is 29.3 Å². The maximum atomic E-state index is 4.69. The molecule has 2 aromatic rings. The number of fused-ring (bicyclic) bond motifs is 1. The van der Waals surface area contributed by atoms with Gasteiger partial charge in [0, 0.05) is 19.6 Å². The molecule has 0 saturated carbocycles. The fourth-order valence-electron chi connectivity index (χ4n) is 2.47. The number of nitrogens with one attached hydrogen (secondary N) is 1. The van der Waals surface area contributed by atoms with E-state index in [2.05, 4.69) is 27.2 Å². The van der Waals surface area contributed by atoms with E-state index >= 15 is 0 Å². The number of halogens is 1. The molecule has 0 amide bonds. The van der Waals surface area contributed by atoms with Crippen molar-refractivity contribution in [1.29, 1.82) is 0 Å². The van der Waals surface area contributed by atoms with Gasteiger partial charge in [-0.05, 0) is 31.5 Å². The van der Waals surface area contributed by atoms with E-state index in [0.29, 0.717) is 6.04 Å². The van der Waals surface area contributed by atoms with Crippen LogP contribution in [0.4, 0.5) is 5.82 Å². The Balaban J connectivity index is 0.00000133. The standard InChI is InChI=1S/C14H18N4.ClH/c1-18(11-5-4-8-15-9-11)14-10-16-12-6-2-3-7-13(12)17-14;/h2-3,6-7,10-11,15H,4-5,8-9H2,1H3;1H/t11-;/m0./s1. The highest BCUT2D eigenvalue weighted by Crippen LogP contribution is 2.18. The van der Waals surface area contributed by atoms with E-state index in [1.165, 1.54) is 12.8 Å². The third-order valence-corrected chi connectivity index (χ3v) is 3.62. The molecule has 0 bridgehead atoms. The lowest BCUT2D eigenvalue weighted by molar-refractivity contribution is 0.443. The number of hydrogen-bond acceptors (Lipinski definition) is 4. The molecule has 1 aliphatic heterocycles. The Bertz CT molecular complexity index is 540. The summed E-state index contributed by atoms with van der Waals surface area (Å²) in [6.07, 6.45) is 4.32. The number of rotatable bonds is 2. The maximum absolute atomic E-state index is 4.69. The molecule has 0 radical (unpaired) electrons. The summed E-state index contributed by atoms with van der Waals surface area (Å²) in [6, 6.07) is 8.52. The Hall–Kier alpha value is -1.39. The van der Waals surface area contributed by atoms with E-state index in [-0.39, 0.29) is 12.4 Å². The van der Waals surface area contributed by atoms with Crippen LogP contribution in [-0.4, -0.2) is 36.1 Å². The highest BCUT2D eigenvalue weighted by molar-refractivity contribution is 5.85. The fourth-order valence-corrected chi connectivity index (χ4v) is 2.47. The average molecular weight is 279 g/mol. The molecule has 5 heteroatoms.